The Morgan fingerprint density at radius 3 is 2.44 bits per heavy atom. The summed E-state index contributed by atoms with van der Waals surface area (Å²) in [6.45, 7) is 8.06. The molecule has 0 atom stereocenters. The molecule has 0 aliphatic carbocycles. The number of imidazole rings is 1. The molecule has 0 fully saturated rings. The number of para-hydroxylation sites is 2. The third kappa shape index (κ3) is 5.05. The van der Waals surface area contributed by atoms with Crippen LogP contribution < -0.4 is 5.32 Å². The van der Waals surface area contributed by atoms with E-state index in [9.17, 15) is 4.79 Å². The minimum atomic E-state index is -0.141. The zero-order valence-corrected chi connectivity index (χ0v) is 19.0. The molecule has 0 bridgehead atoms. The maximum absolute atomic E-state index is 12.2. The third-order valence-electron chi connectivity index (χ3n) is 5.65. The van der Waals surface area contributed by atoms with Gasteiger partial charge in [-0.05, 0) is 47.2 Å². The van der Waals surface area contributed by atoms with Crippen LogP contribution in [-0.2, 0) is 18.4 Å². The summed E-state index contributed by atoms with van der Waals surface area (Å²) in [5.41, 5.74) is 5.32. The molecule has 0 saturated heterocycles. The van der Waals surface area contributed by atoms with E-state index in [-0.39, 0.29) is 11.3 Å². The Morgan fingerprint density at radius 1 is 0.969 bits per heavy atom. The first-order valence-corrected chi connectivity index (χ1v) is 11.1. The smallest absolute Gasteiger partial charge is 0.269 e. The third-order valence-corrected chi connectivity index (χ3v) is 5.65. The molecule has 2 aromatic carbocycles. The second-order valence-corrected chi connectivity index (χ2v) is 9.12. The number of nitrogens with zero attached hydrogens (tertiary/aromatic N) is 3. The molecular formula is C27H30N4O. The van der Waals surface area contributed by atoms with Crippen molar-refractivity contribution in [1.82, 2.24) is 19.9 Å². The van der Waals surface area contributed by atoms with Crippen LogP contribution in [0.1, 0.15) is 54.6 Å². The minimum Gasteiger partial charge on any atom is -0.351 e. The van der Waals surface area contributed by atoms with Crippen molar-refractivity contribution in [3.8, 4) is 0 Å². The summed E-state index contributed by atoms with van der Waals surface area (Å²) in [6, 6.07) is 22.5. The first kappa shape index (κ1) is 21.8. The van der Waals surface area contributed by atoms with E-state index in [1.807, 2.05) is 12.1 Å². The molecule has 2 heterocycles. The van der Waals surface area contributed by atoms with Crippen LogP contribution in [0.5, 0.6) is 0 Å². The molecule has 0 spiro atoms. The topological polar surface area (TPSA) is 59.8 Å². The maximum Gasteiger partial charge on any atom is 0.269 e. The van der Waals surface area contributed by atoms with Crippen molar-refractivity contribution in [3.05, 3.63) is 95.6 Å². The molecule has 4 aromatic rings. The molecule has 1 amide bonds. The number of carbonyl (C=O) groups excluding carboxylic acids is 1. The van der Waals surface area contributed by atoms with E-state index in [1.165, 1.54) is 11.1 Å². The Hall–Kier alpha value is -3.47. The predicted molar refractivity (Wildman–Crippen MR) is 129 cm³/mol. The largest absolute Gasteiger partial charge is 0.351 e. The van der Waals surface area contributed by atoms with Gasteiger partial charge in [-0.3, -0.25) is 9.78 Å². The van der Waals surface area contributed by atoms with Crippen LogP contribution >= 0.6 is 0 Å². The number of amides is 1. The van der Waals surface area contributed by atoms with Gasteiger partial charge in [-0.2, -0.15) is 0 Å². The number of benzene rings is 2. The van der Waals surface area contributed by atoms with Gasteiger partial charge in [-0.15, -0.1) is 0 Å². The molecule has 1 N–H and O–H groups in total. The first-order chi connectivity index (χ1) is 15.4. The highest BCUT2D eigenvalue weighted by Gasteiger charge is 2.14. The second kappa shape index (κ2) is 9.35. The van der Waals surface area contributed by atoms with E-state index >= 15 is 0 Å². The van der Waals surface area contributed by atoms with Gasteiger partial charge in [0.1, 0.15) is 11.5 Å². The molecule has 0 unspecified atom stereocenters. The van der Waals surface area contributed by atoms with Crippen molar-refractivity contribution in [1.29, 1.82) is 0 Å². The van der Waals surface area contributed by atoms with Crippen LogP contribution in [0.3, 0.4) is 0 Å². The van der Waals surface area contributed by atoms with Gasteiger partial charge in [0.05, 0.1) is 11.0 Å². The van der Waals surface area contributed by atoms with Crippen molar-refractivity contribution in [2.75, 3.05) is 6.54 Å². The van der Waals surface area contributed by atoms with Crippen LogP contribution in [0.25, 0.3) is 11.0 Å². The van der Waals surface area contributed by atoms with Crippen molar-refractivity contribution in [3.63, 3.8) is 0 Å². The lowest BCUT2D eigenvalue weighted by atomic mass is 9.87. The number of aryl methyl sites for hydroxylation is 1. The zero-order valence-electron chi connectivity index (χ0n) is 19.0. The molecule has 0 aliphatic heterocycles. The Kier molecular flexibility index (Phi) is 6.35. The molecule has 0 aliphatic rings. The first-order valence-electron chi connectivity index (χ1n) is 11.1. The fraction of sp³-hybridized carbons (Fsp3) is 0.296. The number of hydrogen-bond acceptors (Lipinski definition) is 3. The van der Waals surface area contributed by atoms with Gasteiger partial charge in [0.15, 0.2) is 0 Å². The summed E-state index contributed by atoms with van der Waals surface area (Å²) in [7, 11) is 0. The number of rotatable bonds is 7. The summed E-state index contributed by atoms with van der Waals surface area (Å²) >= 11 is 0. The SMILES string of the molecule is CC(C)(C)c1ccc(Cn2c(CCCNC(=O)c3ccccn3)nc3ccccc32)cc1. The van der Waals surface area contributed by atoms with Gasteiger partial charge < -0.3 is 9.88 Å². The molecule has 4 rings (SSSR count). The predicted octanol–water partition coefficient (Wildman–Crippen LogP) is 5.14. The Morgan fingerprint density at radius 2 is 1.72 bits per heavy atom. The van der Waals surface area contributed by atoms with Crippen LogP contribution in [0.2, 0.25) is 0 Å². The molecule has 5 heteroatoms. The van der Waals surface area contributed by atoms with E-state index in [2.05, 4.69) is 78.1 Å². The van der Waals surface area contributed by atoms with Crippen LogP contribution in [0.15, 0.2) is 72.9 Å². The average molecular weight is 427 g/mol. The van der Waals surface area contributed by atoms with Gasteiger partial charge in [0.2, 0.25) is 0 Å². The molecule has 32 heavy (non-hydrogen) atoms. The summed E-state index contributed by atoms with van der Waals surface area (Å²) in [6.07, 6.45) is 3.23. The molecule has 2 aromatic heterocycles. The molecule has 5 nitrogen and oxygen atoms in total. The molecule has 164 valence electrons. The number of fused-ring (bicyclic) bond motifs is 1. The van der Waals surface area contributed by atoms with Gasteiger partial charge in [-0.25, -0.2) is 4.98 Å². The van der Waals surface area contributed by atoms with E-state index < -0.39 is 0 Å². The molecule has 0 radical (unpaired) electrons. The van der Waals surface area contributed by atoms with E-state index in [0.29, 0.717) is 12.2 Å². The average Bonchev–Trinajstić information content (AvgIpc) is 3.14. The Balaban J connectivity index is 1.46. The Bertz CT molecular complexity index is 1190. The quantitative estimate of drug-likeness (QED) is 0.416. The lowest BCUT2D eigenvalue weighted by molar-refractivity contribution is 0.0948. The fourth-order valence-corrected chi connectivity index (χ4v) is 3.82. The molecule has 0 saturated carbocycles. The van der Waals surface area contributed by atoms with Crippen molar-refractivity contribution < 1.29 is 4.79 Å². The van der Waals surface area contributed by atoms with Gasteiger partial charge in [-0.1, -0.05) is 63.2 Å². The second-order valence-electron chi connectivity index (χ2n) is 9.12. The van der Waals surface area contributed by atoms with Crippen molar-refractivity contribution in [2.24, 2.45) is 0 Å². The van der Waals surface area contributed by atoms with E-state index in [1.54, 1.807) is 18.3 Å². The van der Waals surface area contributed by atoms with Crippen molar-refractivity contribution >= 4 is 16.9 Å². The standard InChI is InChI=1S/C27H30N4O/c1-27(2,3)21-15-13-20(14-16-21)19-31-24-11-5-4-9-22(24)30-25(31)12-8-18-29-26(32)23-10-6-7-17-28-23/h4-7,9-11,13-17H,8,12,18-19H2,1-3H3,(H,29,32). The maximum atomic E-state index is 12.2. The monoisotopic (exact) mass is 426 g/mol. The zero-order chi connectivity index (χ0) is 22.6. The lowest BCUT2D eigenvalue weighted by Gasteiger charge is -2.19. The highest BCUT2D eigenvalue weighted by Crippen LogP contribution is 2.24. The van der Waals surface area contributed by atoms with Crippen LogP contribution in [0.4, 0.5) is 0 Å². The van der Waals surface area contributed by atoms with E-state index in [0.717, 1.165) is 36.2 Å². The van der Waals surface area contributed by atoms with Crippen LogP contribution in [0, 0.1) is 0 Å². The highest BCUT2D eigenvalue weighted by atomic mass is 16.1. The van der Waals surface area contributed by atoms with Gasteiger partial charge in [0, 0.05) is 25.7 Å². The summed E-state index contributed by atoms with van der Waals surface area (Å²) in [5, 5.41) is 2.95. The van der Waals surface area contributed by atoms with Crippen LogP contribution in [-0.4, -0.2) is 27.0 Å². The summed E-state index contributed by atoms with van der Waals surface area (Å²) in [5.74, 6) is 0.899. The minimum absolute atomic E-state index is 0.141. The van der Waals surface area contributed by atoms with E-state index in [4.69, 9.17) is 4.98 Å². The number of nitrogens with one attached hydrogen (secondary N) is 1. The number of carbonyl (C=O) groups is 1. The fourth-order valence-electron chi connectivity index (χ4n) is 3.82. The highest BCUT2D eigenvalue weighted by molar-refractivity contribution is 5.92. The number of aromatic nitrogens is 3. The lowest BCUT2D eigenvalue weighted by Crippen LogP contribution is -2.25. The van der Waals surface area contributed by atoms with Gasteiger partial charge in [0.25, 0.3) is 5.91 Å². The summed E-state index contributed by atoms with van der Waals surface area (Å²) < 4.78 is 2.29. The number of hydrogen-bond donors (Lipinski definition) is 1. The normalized spacial score (nSPS) is 11.6. The summed E-state index contributed by atoms with van der Waals surface area (Å²) in [4.78, 5) is 21.2. The van der Waals surface area contributed by atoms with Crippen molar-refractivity contribution in [2.45, 2.75) is 45.6 Å². The van der Waals surface area contributed by atoms with Gasteiger partial charge >= 0.3 is 0 Å². The molecular weight excluding hydrogens is 396 g/mol. The Labute approximate surface area is 189 Å². The number of pyridine rings is 1.